The van der Waals surface area contributed by atoms with Crippen LogP contribution in [-0.2, 0) is 24.3 Å². The summed E-state index contributed by atoms with van der Waals surface area (Å²) < 4.78 is 1.88. The van der Waals surface area contributed by atoms with Gasteiger partial charge in [-0.1, -0.05) is 6.07 Å². The molecule has 0 spiro atoms. The minimum atomic E-state index is -0.302. The van der Waals surface area contributed by atoms with Crippen molar-refractivity contribution < 1.29 is 14.4 Å². The van der Waals surface area contributed by atoms with Gasteiger partial charge in [0, 0.05) is 38.9 Å². The second kappa shape index (κ2) is 8.42. The zero-order valence-corrected chi connectivity index (χ0v) is 16.2. The number of nitrogens with one attached hydrogen (secondary N) is 1. The summed E-state index contributed by atoms with van der Waals surface area (Å²) >= 11 is 0. The van der Waals surface area contributed by atoms with Gasteiger partial charge in [-0.2, -0.15) is 0 Å². The first kappa shape index (κ1) is 19.1. The molecule has 1 saturated heterocycles. The van der Waals surface area contributed by atoms with Gasteiger partial charge in [-0.3, -0.25) is 19.4 Å². The largest absolute Gasteiger partial charge is 0.344 e. The summed E-state index contributed by atoms with van der Waals surface area (Å²) in [6.45, 7) is 2.97. The fourth-order valence-corrected chi connectivity index (χ4v) is 3.82. The van der Waals surface area contributed by atoms with E-state index < -0.39 is 0 Å². The lowest BCUT2D eigenvalue weighted by atomic mass is 10.1. The number of imidazole rings is 1. The minimum Gasteiger partial charge on any atom is -0.344 e. The van der Waals surface area contributed by atoms with E-state index in [9.17, 15) is 14.4 Å². The van der Waals surface area contributed by atoms with Gasteiger partial charge in [0.05, 0.1) is 17.9 Å². The number of piperazine rings is 1. The average Bonchev–Trinajstić information content (AvgIpc) is 3.17. The topological polar surface area (TPSA) is 100 Å². The highest BCUT2D eigenvalue weighted by Crippen LogP contribution is 2.23. The Morgan fingerprint density at radius 1 is 1.10 bits per heavy atom. The molecule has 29 heavy (non-hydrogen) atoms. The molecule has 2 aliphatic heterocycles. The van der Waals surface area contributed by atoms with Gasteiger partial charge in [-0.05, 0) is 31.4 Å². The molecule has 9 nitrogen and oxygen atoms in total. The van der Waals surface area contributed by atoms with Gasteiger partial charge in [-0.15, -0.1) is 0 Å². The molecule has 152 valence electrons. The monoisotopic (exact) mass is 396 g/mol. The lowest BCUT2D eigenvalue weighted by Crippen LogP contribution is -2.48. The third-order valence-corrected chi connectivity index (χ3v) is 5.43. The van der Waals surface area contributed by atoms with Crippen molar-refractivity contribution in [1.29, 1.82) is 0 Å². The smallest absolute Gasteiger partial charge is 0.287 e. The van der Waals surface area contributed by atoms with Crippen molar-refractivity contribution >= 4 is 18.2 Å². The van der Waals surface area contributed by atoms with Gasteiger partial charge in [0.2, 0.25) is 6.41 Å². The average molecular weight is 396 g/mol. The Balaban J connectivity index is 1.53. The lowest BCUT2D eigenvalue weighted by Gasteiger charge is -2.32. The molecule has 0 unspecified atom stereocenters. The quantitative estimate of drug-likeness (QED) is 0.740. The van der Waals surface area contributed by atoms with Crippen LogP contribution in [0, 0.1) is 0 Å². The molecule has 0 atom stereocenters. The zero-order valence-electron chi connectivity index (χ0n) is 16.2. The van der Waals surface area contributed by atoms with Crippen molar-refractivity contribution in [3.05, 3.63) is 47.3 Å². The summed E-state index contributed by atoms with van der Waals surface area (Å²) in [6, 6.07) is 5.53. The normalized spacial score (nSPS) is 16.3. The van der Waals surface area contributed by atoms with E-state index in [2.05, 4.69) is 15.3 Å². The van der Waals surface area contributed by atoms with E-state index in [-0.39, 0.29) is 17.6 Å². The van der Waals surface area contributed by atoms with E-state index >= 15 is 0 Å². The number of hydrogen-bond acceptors (Lipinski definition) is 5. The molecule has 2 aliphatic rings. The number of carbonyl (C=O) groups is 3. The third-order valence-electron chi connectivity index (χ3n) is 5.43. The molecule has 9 heteroatoms. The summed E-state index contributed by atoms with van der Waals surface area (Å²) in [4.78, 5) is 48.8. The summed E-state index contributed by atoms with van der Waals surface area (Å²) in [5, 5.41) is 2.86. The molecule has 1 N–H and O–H groups in total. The molecular weight excluding hydrogens is 372 g/mol. The maximum atomic E-state index is 13.1. The Labute approximate surface area is 168 Å². The molecule has 2 aromatic rings. The number of carbonyl (C=O) groups excluding carboxylic acids is 3. The molecular formula is C20H24N6O3. The lowest BCUT2D eigenvalue weighted by molar-refractivity contribution is -0.119. The number of rotatable bonds is 5. The van der Waals surface area contributed by atoms with Crippen LogP contribution in [0.4, 0.5) is 0 Å². The fourth-order valence-electron chi connectivity index (χ4n) is 3.82. The Bertz CT molecular complexity index is 902. The Morgan fingerprint density at radius 2 is 1.93 bits per heavy atom. The third kappa shape index (κ3) is 3.98. The molecule has 0 saturated carbocycles. The predicted octanol–water partition coefficient (Wildman–Crippen LogP) is 0.459. The predicted molar refractivity (Wildman–Crippen MR) is 104 cm³/mol. The SMILES string of the molecule is O=CN1CCN(C(=O)c2nc(C(=O)NCc3ccccn3)n3c2CCCC3)CC1. The van der Waals surface area contributed by atoms with Crippen molar-refractivity contribution in [1.82, 2.24) is 29.7 Å². The number of pyridine rings is 1. The number of nitrogens with zero attached hydrogens (tertiary/aromatic N) is 5. The number of fused-ring (bicyclic) bond motifs is 1. The van der Waals surface area contributed by atoms with Crippen molar-refractivity contribution in [2.75, 3.05) is 26.2 Å². The van der Waals surface area contributed by atoms with Gasteiger partial charge in [0.25, 0.3) is 11.8 Å². The second-order valence-electron chi connectivity index (χ2n) is 7.28. The Morgan fingerprint density at radius 3 is 2.66 bits per heavy atom. The van der Waals surface area contributed by atoms with Crippen LogP contribution in [0.25, 0.3) is 0 Å². The van der Waals surface area contributed by atoms with Crippen molar-refractivity contribution in [3.8, 4) is 0 Å². The molecule has 3 amide bonds. The molecule has 4 rings (SSSR count). The van der Waals surface area contributed by atoms with Crippen LogP contribution >= 0.6 is 0 Å². The van der Waals surface area contributed by atoms with E-state index in [1.54, 1.807) is 16.0 Å². The molecule has 1 fully saturated rings. The summed E-state index contributed by atoms with van der Waals surface area (Å²) in [5.74, 6) is -0.181. The zero-order chi connectivity index (χ0) is 20.2. The molecule has 0 aliphatic carbocycles. The summed E-state index contributed by atoms with van der Waals surface area (Å²) in [7, 11) is 0. The maximum Gasteiger partial charge on any atom is 0.287 e. The molecule has 2 aromatic heterocycles. The highest BCUT2D eigenvalue weighted by atomic mass is 16.2. The number of amides is 3. The Kier molecular flexibility index (Phi) is 5.55. The van der Waals surface area contributed by atoms with Gasteiger partial charge in [-0.25, -0.2) is 4.98 Å². The highest BCUT2D eigenvalue weighted by Gasteiger charge is 2.31. The second-order valence-corrected chi connectivity index (χ2v) is 7.28. The van der Waals surface area contributed by atoms with Gasteiger partial charge >= 0.3 is 0 Å². The van der Waals surface area contributed by atoms with Crippen LogP contribution in [0.15, 0.2) is 24.4 Å². The van der Waals surface area contributed by atoms with Crippen molar-refractivity contribution in [2.45, 2.75) is 32.4 Å². The van der Waals surface area contributed by atoms with Crippen LogP contribution < -0.4 is 5.32 Å². The van der Waals surface area contributed by atoms with E-state index in [1.165, 1.54) is 0 Å². The summed E-state index contributed by atoms with van der Waals surface area (Å²) in [6.07, 6.45) is 5.15. The van der Waals surface area contributed by atoms with Crippen molar-refractivity contribution in [3.63, 3.8) is 0 Å². The fraction of sp³-hybridized carbons (Fsp3) is 0.450. The minimum absolute atomic E-state index is 0.162. The molecule has 0 bridgehead atoms. The first-order chi connectivity index (χ1) is 14.2. The molecule has 0 radical (unpaired) electrons. The number of hydrogen-bond donors (Lipinski definition) is 1. The van der Waals surface area contributed by atoms with E-state index in [1.807, 2.05) is 22.8 Å². The van der Waals surface area contributed by atoms with E-state index in [0.29, 0.717) is 45.0 Å². The highest BCUT2D eigenvalue weighted by molar-refractivity contribution is 5.97. The maximum absolute atomic E-state index is 13.1. The molecule has 4 heterocycles. The first-order valence-corrected chi connectivity index (χ1v) is 9.93. The van der Waals surface area contributed by atoms with Crippen LogP contribution in [0.2, 0.25) is 0 Å². The van der Waals surface area contributed by atoms with E-state index in [0.717, 1.165) is 37.1 Å². The van der Waals surface area contributed by atoms with Gasteiger partial charge < -0.3 is 19.7 Å². The van der Waals surface area contributed by atoms with Crippen molar-refractivity contribution in [2.24, 2.45) is 0 Å². The van der Waals surface area contributed by atoms with Crippen LogP contribution in [0.3, 0.4) is 0 Å². The summed E-state index contributed by atoms with van der Waals surface area (Å²) in [5.41, 5.74) is 1.96. The molecule has 0 aromatic carbocycles. The Hall–Kier alpha value is -3.23. The van der Waals surface area contributed by atoms with E-state index in [4.69, 9.17) is 0 Å². The van der Waals surface area contributed by atoms with Gasteiger partial charge in [0.15, 0.2) is 5.82 Å². The van der Waals surface area contributed by atoms with Gasteiger partial charge in [0.1, 0.15) is 5.69 Å². The van der Waals surface area contributed by atoms with Crippen LogP contribution in [-0.4, -0.2) is 68.7 Å². The number of aromatic nitrogens is 3. The van der Waals surface area contributed by atoms with Crippen LogP contribution in [0.5, 0.6) is 0 Å². The standard InChI is InChI=1S/C20H24N6O3/c27-14-24-9-11-25(12-10-24)20(29)17-16-6-2-4-8-26(16)18(23-17)19(28)22-13-15-5-1-3-7-21-15/h1,3,5,7,14H,2,4,6,8-13H2,(H,22,28). The first-order valence-electron chi connectivity index (χ1n) is 9.93. The van der Waals surface area contributed by atoms with Crippen LogP contribution in [0.1, 0.15) is 45.3 Å².